The van der Waals surface area contributed by atoms with Crippen LogP contribution in [0.3, 0.4) is 0 Å². The van der Waals surface area contributed by atoms with Gasteiger partial charge in [0.15, 0.2) is 16.3 Å². The molecule has 0 spiro atoms. The van der Waals surface area contributed by atoms with Crippen LogP contribution >= 0.6 is 12.2 Å². The standard InChI is InChI=1S/C20H18N6O2S/c1-25-16(22-23-20(25)29)11-21-18(27)17-14-9-5-6-10-15(14)19(28)26(24-17)12-13-7-3-2-4-8-13/h2-10H,11-12H2,1H3,(H,21,27)(H,23,29). The fourth-order valence-electron chi connectivity index (χ4n) is 3.05. The van der Waals surface area contributed by atoms with Crippen LogP contribution < -0.4 is 10.9 Å². The molecule has 0 aliphatic heterocycles. The zero-order valence-electron chi connectivity index (χ0n) is 15.6. The van der Waals surface area contributed by atoms with E-state index in [-0.39, 0.29) is 24.3 Å². The average Bonchev–Trinajstić information content (AvgIpc) is 3.07. The van der Waals surface area contributed by atoms with Crippen molar-refractivity contribution in [1.82, 2.24) is 29.9 Å². The molecule has 4 rings (SSSR count). The quantitative estimate of drug-likeness (QED) is 0.495. The van der Waals surface area contributed by atoms with Gasteiger partial charge in [-0.25, -0.2) is 4.68 Å². The van der Waals surface area contributed by atoms with Crippen molar-refractivity contribution in [2.75, 3.05) is 0 Å². The van der Waals surface area contributed by atoms with Crippen molar-refractivity contribution in [3.8, 4) is 0 Å². The molecule has 0 atom stereocenters. The van der Waals surface area contributed by atoms with Crippen molar-refractivity contribution < 1.29 is 4.79 Å². The van der Waals surface area contributed by atoms with E-state index in [2.05, 4.69) is 20.6 Å². The summed E-state index contributed by atoms with van der Waals surface area (Å²) in [5.74, 6) is 0.196. The van der Waals surface area contributed by atoms with Gasteiger partial charge in [0, 0.05) is 12.4 Å². The molecule has 2 aromatic heterocycles. The highest BCUT2D eigenvalue weighted by molar-refractivity contribution is 7.71. The van der Waals surface area contributed by atoms with Crippen molar-refractivity contribution >= 4 is 28.9 Å². The number of fused-ring (bicyclic) bond motifs is 1. The molecule has 0 saturated carbocycles. The Morgan fingerprint density at radius 1 is 1.10 bits per heavy atom. The van der Waals surface area contributed by atoms with Gasteiger partial charge in [-0.05, 0) is 23.8 Å². The van der Waals surface area contributed by atoms with Crippen LogP contribution in [0.15, 0.2) is 59.4 Å². The molecule has 1 amide bonds. The van der Waals surface area contributed by atoms with Gasteiger partial charge in [0.05, 0.1) is 18.5 Å². The highest BCUT2D eigenvalue weighted by Gasteiger charge is 2.17. The predicted octanol–water partition coefficient (Wildman–Crippen LogP) is 2.17. The van der Waals surface area contributed by atoms with Gasteiger partial charge in [-0.1, -0.05) is 48.5 Å². The molecule has 0 radical (unpaired) electrons. The molecule has 0 aliphatic rings. The fraction of sp³-hybridized carbons (Fsp3) is 0.150. The number of aromatic amines is 1. The zero-order chi connectivity index (χ0) is 20.4. The molecule has 0 saturated heterocycles. The van der Waals surface area contributed by atoms with E-state index in [1.54, 1.807) is 35.9 Å². The van der Waals surface area contributed by atoms with E-state index in [1.165, 1.54) is 4.68 Å². The number of H-pyrrole nitrogens is 1. The monoisotopic (exact) mass is 406 g/mol. The Bertz CT molecular complexity index is 1310. The Balaban J connectivity index is 1.71. The number of aromatic nitrogens is 5. The smallest absolute Gasteiger partial charge is 0.274 e. The molecule has 2 N–H and O–H groups in total. The van der Waals surface area contributed by atoms with Crippen LogP contribution in [0.2, 0.25) is 0 Å². The van der Waals surface area contributed by atoms with Gasteiger partial charge in [-0.3, -0.25) is 14.7 Å². The van der Waals surface area contributed by atoms with E-state index in [0.29, 0.717) is 21.4 Å². The molecular formula is C20H18N6O2S. The summed E-state index contributed by atoms with van der Waals surface area (Å²) in [6, 6.07) is 16.5. The molecule has 8 nitrogen and oxygen atoms in total. The average molecular weight is 406 g/mol. The number of carbonyl (C=O) groups excluding carboxylic acids is 1. The summed E-state index contributed by atoms with van der Waals surface area (Å²) in [5.41, 5.74) is 0.869. The number of benzene rings is 2. The van der Waals surface area contributed by atoms with Gasteiger partial charge < -0.3 is 9.88 Å². The Morgan fingerprint density at radius 3 is 2.48 bits per heavy atom. The second-order valence-corrected chi connectivity index (χ2v) is 6.92. The fourth-order valence-corrected chi connectivity index (χ4v) is 3.20. The molecule has 146 valence electrons. The summed E-state index contributed by atoms with van der Waals surface area (Å²) in [6.45, 7) is 0.453. The van der Waals surface area contributed by atoms with Crippen molar-refractivity contribution in [2.45, 2.75) is 13.1 Å². The lowest BCUT2D eigenvalue weighted by Gasteiger charge is -2.11. The third-order valence-corrected chi connectivity index (χ3v) is 5.00. The molecular weight excluding hydrogens is 388 g/mol. The molecule has 29 heavy (non-hydrogen) atoms. The minimum atomic E-state index is -0.392. The third kappa shape index (κ3) is 3.72. The Hall–Kier alpha value is -3.59. The summed E-state index contributed by atoms with van der Waals surface area (Å²) in [5, 5.41) is 14.9. The Kier molecular flexibility index (Phi) is 5.05. The maximum atomic E-state index is 12.9. The number of nitrogens with zero attached hydrogens (tertiary/aromatic N) is 4. The molecule has 0 aliphatic carbocycles. The number of carbonyl (C=O) groups is 1. The molecule has 9 heteroatoms. The lowest BCUT2D eigenvalue weighted by molar-refractivity contribution is 0.0944. The van der Waals surface area contributed by atoms with Gasteiger partial charge in [-0.2, -0.15) is 10.2 Å². The second-order valence-electron chi connectivity index (χ2n) is 6.53. The van der Waals surface area contributed by atoms with E-state index < -0.39 is 5.91 Å². The van der Waals surface area contributed by atoms with Gasteiger partial charge in [0.25, 0.3) is 11.5 Å². The summed E-state index contributed by atoms with van der Waals surface area (Å²) in [7, 11) is 1.76. The van der Waals surface area contributed by atoms with Gasteiger partial charge in [0.2, 0.25) is 0 Å². The highest BCUT2D eigenvalue weighted by Crippen LogP contribution is 2.14. The molecule has 2 heterocycles. The first-order valence-corrected chi connectivity index (χ1v) is 9.37. The van der Waals surface area contributed by atoms with Crippen LogP contribution in [0.1, 0.15) is 21.9 Å². The van der Waals surface area contributed by atoms with Gasteiger partial charge >= 0.3 is 0 Å². The lowest BCUT2D eigenvalue weighted by Crippen LogP contribution is -2.31. The van der Waals surface area contributed by atoms with Crippen molar-refractivity contribution in [2.24, 2.45) is 7.05 Å². The number of amides is 1. The Morgan fingerprint density at radius 2 is 1.79 bits per heavy atom. The van der Waals surface area contributed by atoms with Crippen molar-refractivity contribution in [1.29, 1.82) is 0 Å². The van der Waals surface area contributed by atoms with Crippen LogP contribution in [0, 0.1) is 4.77 Å². The van der Waals surface area contributed by atoms with E-state index in [1.807, 2.05) is 30.3 Å². The van der Waals surface area contributed by atoms with Crippen LogP contribution in [0.4, 0.5) is 0 Å². The maximum Gasteiger partial charge on any atom is 0.274 e. The van der Waals surface area contributed by atoms with E-state index >= 15 is 0 Å². The largest absolute Gasteiger partial charge is 0.343 e. The SMILES string of the molecule is Cn1c(CNC(=O)c2nn(Cc3ccccc3)c(=O)c3ccccc23)n[nH]c1=S. The van der Waals surface area contributed by atoms with Crippen molar-refractivity contribution in [3.63, 3.8) is 0 Å². The molecule has 0 fully saturated rings. The second kappa shape index (κ2) is 7.80. The molecule has 4 aromatic rings. The van der Waals surface area contributed by atoms with Crippen molar-refractivity contribution in [3.05, 3.63) is 86.8 Å². The molecule has 0 unspecified atom stereocenters. The molecule has 2 aromatic carbocycles. The number of hydrogen-bond donors (Lipinski definition) is 2. The minimum absolute atomic E-state index is 0.177. The van der Waals surface area contributed by atoms with Crippen LogP contribution in [-0.2, 0) is 20.1 Å². The predicted molar refractivity (Wildman–Crippen MR) is 111 cm³/mol. The lowest BCUT2D eigenvalue weighted by atomic mass is 10.1. The summed E-state index contributed by atoms with van der Waals surface area (Å²) in [6.07, 6.45) is 0. The van der Waals surface area contributed by atoms with E-state index in [4.69, 9.17) is 12.2 Å². The van der Waals surface area contributed by atoms with Crippen LogP contribution in [0.25, 0.3) is 10.8 Å². The van der Waals surface area contributed by atoms with E-state index in [9.17, 15) is 9.59 Å². The first-order valence-electron chi connectivity index (χ1n) is 8.97. The topological polar surface area (TPSA) is 97.6 Å². The Labute approximate surface area is 170 Å². The summed E-state index contributed by atoms with van der Waals surface area (Å²) < 4.78 is 3.47. The van der Waals surface area contributed by atoms with Crippen LogP contribution in [-0.4, -0.2) is 30.5 Å². The van der Waals surface area contributed by atoms with Crippen LogP contribution in [0.5, 0.6) is 0 Å². The summed E-state index contributed by atoms with van der Waals surface area (Å²) >= 11 is 5.09. The first-order chi connectivity index (χ1) is 14.0. The third-order valence-electron chi connectivity index (χ3n) is 4.64. The number of hydrogen-bond acceptors (Lipinski definition) is 5. The number of nitrogens with one attached hydrogen (secondary N) is 2. The maximum absolute atomic E-state index is 12.9. The number of rotatable bonds is 5. The highest BCUT2D eigenvalue weighted by atomic mass is 32.1. The minimum Gasteiger partial charge on any atom is -0.343 e. The van der Waals surface area contributed by atoms with Gasteiger partial charge in [0.1, 0.15) is 0 Å². The van der Waals surface area contributed by atoms with E-state index in [0.717, 1.165) is 5.56 Å². The normalized spacial score (nSPS) is 10.9. The molecule has 0 bridgehead atoms. The zero-order valence-corrected chi connectivity index (χ0v) is 16.4. The summed E-state index contributed by atoms with van der Waals surface area (Å²) in [4.78, 5) is 25.8. The van der Waals surface area contributed by atoms with Gasteiger partial charge in [-0.15, -0.1) is 0 Å². The first kappa shape index (κ1) is 18.8.